The summed E-state index contributed by atoms with van der Waals surface area (Å²) < 4.78 is 0. The van der Waals surface area contributed by atoms with Crippen molar-refractivity contribution in [3.05, 3.63) is 17.1 Å². The second kappa shape index (κ2) is 1.76. The van der Waals surface area contributed by atoms with Crippen molar-refractivity contribution < 1.29 is 4.79 Å². The lowest BCUT2D eigenvalue weighted by Crippen LogP contribution is -1.62. The van der Waals surface area contributed by atoms with Crippen LogP contribution in [0.5, 0.6) is 0 Å². The van der Waals surface area contributed by atoms with Gasteiger partial charge in [0.25, 0.3) is 0 Å². The minimum Gasteiger partial charge on any atom is -0.232 e. The van der Waals surface area contributed by atoms with Gasteiger partial charge in [-0.1, -0.05) is 11.2 Å². The zero-order valence-electron chi connectivity index (χ0n) is 3.47. The molecule has 1 aliphatic rings. The van der Waals surface area contributed by atoms with E-state index in [1.54, 1.807) is 17.4 Å². The molecule has 0 unspecified atom stereocenters. The van der Waals surface area contributed by atoms with Crippen LogP contribution in [-0.4, -0.2) is 5.94 Å². The highest BCUT2D eigenvalue weighted by atomic mass is 32.1. The summed E-state index contributed by atoms with van der Waals surface area (Å²) in [6, 6.07) is 0. The first-order valence-corrected chi connectivity index (χ1v) is 2.65. The molecule has 2 heteroatoms. The summed E-state index contributed by atoms with van der Waals surface area (Å²) in [5.41, 5.74) is 0.519. The molecule has 0 fully saturated rings. The van der Waals surface area contributed by atoms with Crippen LogP contribution in [0.1, 0.15) is 0 Å². The van der Waals surface area contributed by atoms with Gasteiger partial charge in [-0.15, -0.1) is 0 Å². The highest BCUT2D eigenvalue weighted by Gasteiger charge is 1.86. The third-order valence-corrected chi connectivity index (χ3v) is 1.19. The number of allylic oxidation sites excluding steroid dienone is 2. The van der Waals surface area contributed by atoms with Crippen molar-refractivity contribution in [2.75, 3.05) is 0 Å². The molecule has 0 spiro atoms. The summed E-state index contributed by atoms with van der Waals surface area (Å²) in [5, 5.41) is 4.50. The monoisotopic (exact) mass is 110 g/mol. The minimum absolute atomic E-state index is 0.519. The molecule has 0 bridgehead atoms. The fraction of sp³-hybridized carbons (Fsp3) is 0. The van der Waals surface area contributed by atoms with Gasteiger partial charge in [-0.2, -0.15) is 0 Å². The van der Waals surface area contributed by atoms with E-state index in [4.69, 9.17) is 0 Å². The summed E-state index contributed by atoms with van der Waals surface area (Å²) >= 11 is 1.38. The zero-order chi connectivity index (χ0) is 5.11. The number of rotatable bonds is 0. The summed E-state index contributed by atoms with van der Waals surface area (Å²) in [4.78, 5) is 9.72. The number of hydrogen-bond donors (Lipinski definition) is 0. The number of carbonyl (C=O) groups excluding carboxylic acids is 1. The molecule has 1 rings (SSSR count). The average molecular weight is 110 g/mol. The van der Waals surface area contributed by atoms with Gasteiger partial charge >= 0.3 is 0 Å². The van der Waals surface area contributed by atoms with E-state index in [1.165, 1.54) is 11.2 Å². The molecule has 0 saturated carbocycles. The maximum atomic E-state index is 9.72. The van der Waals surface area contributed by atoms with Crippen LogP contribution in [0.15, 0.2) is 17.1 Å². The molecule has 7 heavy (non-hydrogen) atoms. The van der Waals surface area contributed by atoms with Gasteiger partial charge in [-0.05, 0) is 11.3 Å². The van der Waals surface area contributed by atoms with Gasteiger partial charge in [-0.3, -0.25) is 0 Å². The van der Waals surface area contributed by atoms with Crippen molar-refractivity contribution in [3.8, 4) is 5.18 Å². The van der Waals surface area contributed by atoms with Crippen LogP contribution in [0.4, 0.5) is 0 Å². The molecule has 1 aliphatic heterocycles. The summed E-state index contributed by atoms with van der Waals surface area (Å²) in [6.45, 7) is 0. The van der Waals surface area contributed by atoms with E-state index < -0.39 is 0 Å². The van der Waals surface area contributed by atoms with Gasteiger partial charge in [0.05, 0.1) is 0 Å². The molecule has 0 saturated heterocycles. The predicted molar refractivity (Wildman–Crippen MR) is 29.8 cm³/mol. The zero-order valence-corrected chi connectivity index (χ0v) is 4.29. The first-order valence-electron chi connectivity index (χ1n) is 1.77. The Labute approximate surface area is 44.9 Å². The molecule has 0 amide bonds. The maximum absolute atomic E-state index is 9.72. The lowest BCUT2D eigenvalue weighted by atomic mass is 10.4. The second-order valence-corrected chi connectivity index (χ2v) is 1.75. The van der Waals surface area contributed by atoms with Gasteiger partial charge in [0.1, 0.15) is 11.5 Å². The van der Waals surface area contributed by atoms with Gasteiger partial charge in [0, 0.05) is 5.41 Å². The lowest BCUT2D eigenvalue weighted by molar-refractivity contribution is 0.568. The molecule has 0 aromatic carbocycles. The highest BCUT2D eigenvalue weighted by Crippen LogP contribution is 2.02. The van der Waals surface area contributed by atoms with Crippen molar-refractivity contribution in [3.63, 3.8) is 0 Å². The number of hydrogen-bond acceptors (Lipinski definition) is 1. The van der Waals surface area contributed by atoms with Crippen molar-refractivity contribution in [1.29, 1.82) is 0 Å². The summed E-state index contributed by atoms with van der Waals surface area (Å²) in [7, 11) is 0. The smallest absolute Gasteiger partial charge is 0.141 e. The van der Waals surface area contributed by atoms with Crippen LogP contribution in [0.25, 0.3) is 0 Å². The molecule has 1 heterocycles. The standard InChI is InChI=1S/C5H2OS/c6-3-5-1-2-7-4-5/h1-2H. The van der Waals surface area contributed by atoms with E-state index in [-0.39, 0.29) is 0 Å². The third kappa shape index (κ3) is 0.787. The van der Waals surface area contributed by atoms with Crippen LogP contribution in [-0.2, 0) is 4.79 Å². The molecule has 0 aromatic rings. The van der Waals surface area contributed by atoms with Crippen LogP contribution in [0.3, 0.4) is 0 Å². The van der Waals surface area contributed by atoms with Crippen molar-refractivity contribution in [2.45, 2.75) is 0 Å². The first kappa shape index (κ1) is 4.35. The predicted octanol–water partition coefficient (Wildman–Crippen LogP) is 0.964. The van der Waals surface area contributed by atoms with Crippen LogP contribution < -0.4 is 0 Å². The van der Waals surface area contributed by atoms with Crippen molar-refractivity contribution >= 4 is 17.1 Å². The molecular formula is C5H2OS. The maximum Gasteiger partial charge on any atom is 0.141 e. The Hall–Kier alpha value is -0.810. The van der Waals surface area contributed by atoms with Crippen LogP contribution in [0.2, 0.25) is 0 Å². The van der Waals surface area contributed by atoms with Gasteiger partial charge in [0.15, 0.2) is 0 Å². The van der Waals surface area contributed by atoms with Gasteiger partial charge < -0.3 is 0 Å². The quantitative estimate of drug-likeness (QED) is 0.424. The Bertz CT molecular complexity index is 210. The molecule has 0 atom stereocenters. The average Bonchev–Trinajstić information content (AvgIpc) is 2.14. The van der Waals surface area contributed by atoms with E-state index in [0.29, 0.717) is 5.57 Å². The minimum atomic E-state index is 0.519. The normalized spacial score (nSPS) is 14.0. The molecule has 1 nitrogen and oxygen atoms in total. The second-order valence-electron chi connectivity index (χ2n) is 1.04. The largest absolute Gasteiger partial charge is 0.232 e. The SMILES string of the molecule is O=C=C1C#SC=C1. The lowest BCUT2D eigenvalue weighted by Gasteiger charge is -1.63. The van der Waals surface area contributed by atoms with Gasteiger partial charge in [-0.25, -0.2) is 4.79 Å². The Morgan fingerprint density at radius 3 is 3.00 bits per heavy atom. The van der Waals surface area contributed by atoms with E-state index in [9.17, 15) is 4.79 Å². The molecule has 0 aliphatic carbocycles. The van der Waals surface area contributed by atoms with Crippen LogP contribution >= 0.6 is 11.2 Å². The highest BCUT2D eigenvalue weighted by molar-refractivity contribution is 7.92. The van der Waals surface area contributed by atoms with E-state index in [2.05, 4.69) is 5.18 Å². The van der Waals surface area contributed by atoms with E-state index in [1.807, 2.05) is 0 Å². The third-order valence-electron chi connectivity index (χ3n) is 0.582. The van der Waals surface area contributed by atoms with Crippen molar-refractivity contribution in [1.82, 2.24) is 0 Å². The van der Waals surface area contributed by atoms with Gasteiger partial charge in [0.2, 0.25) is 0 Å². The molecule has 0 N–H and O–H groups in total. The Morgan fingerprint density at radius 2 is 2.71 bits per heavy atom. The fourth-order valence-electron chi connectivity index (χ4n) is 0.288. The van der Waals surface area contributed by atoms with Crippen LogP contribution in [0, 0.1) is 5.18 Å². The Kier molecular flexibility index (Phi) is 1.10. The fourth-order valence-corrected chi connectivity index (χ4v) is 0.797. The first-order chi connectivity index (χ1) is 3.43. The van der Waals surface area contributed by atoms with E-state index >= 15 is 0 Å². The van der Waals surface area contributed by atoms with Crippen molar-refractivity contribution in [2.24, 2.45) is 0 Å². The summed E-state index contributed by atoms with van der Waals surface area (Å²) in [5.74, 6) is 1.71. The molecule has 0 radical (unpaired) electrons. The van der Waals surface area contributed by atoms with E-state index in [0.717, 1.165) is 0 Å². The Balaban J connectivity index is 3.10. The molecule has 34 valence electrons. The molecule has 0 aromatic heterocycles. The topological polar surface area (TPSA) is 17.1 Å². The Morgan fingerprint density at radius 1 is 1.86 bits per heavy atom. The molecular weight excluding hydrogens is 108 g/mol. The summed E-state index contributed by atoms with van der Waals surface area (Å²) in [6.07, 6.45) is 1.68.